The van der Waals surface area contributed by atoms with Crippen molar-refractivity contribution in [2.24, 2.45) is 10.9 Å². The maximum absolute atomic E-state index is 5.92. The molecule has 0 saturated heterocycles. The Bertz CT molecular complexity index is 679. The van der Waals surface area contributed by atoms with Gasteiger partial charge >= 0.3 is 0 Å². The van der Waals surface area contributed by atoms with E-state index in [0.29, 0.717) is 12.5 Å². The van der Waals surface area contributed by atoms with Crippen LogP contribution in [-0.4, -0.2) is 18.9 Å². The van der Waals surface area contributed by atoms with Crippen LogP contribution in [0, 0.1) is 12.8 Å². The Morgan fingerprint density at radius 2 is 1.96 bits per heavy atom. The highest BCUT2D eigenvalue weighted by Gasteiger charge is 2.25. The fraction of sp³-hybridized carbons (Fsp3) is 0.350. The van der Waals surface area contributed by atoms with Crippen molar-refractivity contribution >= 4 is 11.9 Å². The number of anilines is 1. The molecule has 3 nitrogen and oxygen atoms in total. The van der Waals surface area contributed by atoms with E-state index in [4.69, 9.17) is 4.74 Å². The molecule has 0 aliphatic carbocycles. The highest BCUT2D eigenvalue weighted by Crippen LogP contribution is 2.30. The number of aliphatic imine (C=N–C) groups is 1. The molecule has 1 atom stereocenters. The summed E-state index contributed by atoms with van der Waals surface area (Å²) in [4.78, 5) is 6.96. The van der Waals surface area contributed by atoms with Crippen LogP contribution in [0.1, 0.15) is 25.0 Å². The molecule has 3 rings (SSSR count). The van der Waals surface area contributed by atoms with E-state index in [1.807, 2.05) is 24.4 Å². The summed E-state index contributed by atoms with van der Waals surface area (Å²) >= 11 is 0. The number of hydrogen-bond donors (Lipinski definition) is 0. The Morgan fingerprint density at radius 3 is 2.65 bits per heavy atom. The minimum absolute atomic E-state index is 0.241. The fourth-order valence-electron chi connectivity index (χ4n) is 2.99. The van der Waals surface area contributed by atoms with Gasteiger partial charge in [0.15, 0.2) is 0 Å². The van der Waals surface area contributed by atoms with Gasteiger partial charge in [-0.3, -0.25) is 4.99 Å². The number of rotatable bonds is 5. The Kier molecular flexibility index (Phi) is 4.65. The molecule has 0 amide bonds. The molecule has 0 fully saturated rings. The summed E-state index contributed by atoms with van der Waals surface area (Å²) in [6.07, 6.45) is 2.26. The molecule has 2 aromatic rings. The molecular formula is C20H24N2O. The molecule has 0 radical (unpaired) electrons. The average molecular weight is 308 g/mol. The van der Waals surface area contributed by atoms with E-state index in [0.717, 1.165) is 12.3 Å². The van der Waals surface area contributed by atoms with Gasteiger partial charge in [0.25, 0.3) is 0 Å². The molecule has 1 heterocycles. The minimum atomic E-state index is 0.241. The lowest BCUT2D eigenvalue weighted by Gasteiger charge is -2.29. The summed E-state index contributed by atoms with van der Waals surface area (Å²) < 4.78 is 5.92. The van der Waals surface area contributed by atoms with E-state index in [1.165, 1.54) is 16.8 Å². The molecule has 23 heavy (non-hydrogen) atoms. The van der Waals surface area contributed by atoms with Crippen molar-refractivity contribution in [1.82, 2.24) is 0 Å². The first-order valence-corrected chi connectivity index (χ1v) is 8.21. The van der Waals surface area contributed by atoms with Crippen LogP contribution in [0.25, 0.3) is 0 Å². The number of hydrogen-bond acceptors (Lipinski definition) is 3. The number of ether oxygens (including phenoxy) is 1. The van der Waals surface area contributed by atoms with Crippen molar-refractivity contribution in [3.63, 3.8) is 0 Å². The Hall–Kier alpha value is -2.29. The number of nitrogens with zero attached hydrogens (tertiary/aromatic N) is 2. The second kappa shape index (κ2) is 6.86. The van der Waals surface area contributed by atoms with Crippen molar-refractivity contribution in [3.8, 4) is 5.75 Å². The predicted octanol–water partition coefficient (Wildman–Crippen LogP) is 4.45. The molecule has 120 valence electrons. The predicted molar refractivity (Wildman–Crippen MR) is 96.4 cm³/mol. The molecule has 1 aliphatic heterocycles. The van der Waals surface area contributed by atoms with E-state index < -0.39 is 0 Å². The third kappa shape index (κ3) is 3.55. The van der Waals surface area contributed by atoms with Gasteiger partial charge < -0.3 is 9.64 Å². The molecular weight excluding hydrogens is 284 g/mol. The van der Waals surface area contributed by atoms with Crippen molar-refractivity contribution in [2.45, 2.75) is 33.5 Å². The molecule has 0 aromatic heterocycles. The van der Waals surface area contributed by atoms with Crippen molar-refractivity contribution < 1.29 is 4.74 Å². The Labute approximate surface area is 138 Å². The molecule has 1 aliphatic rings. The largest absolute Gasteiger partial charge is 0.489 e. The first-order chi connectivity index (χ1) is 11.1. The van der Waals surface area contributed by atoms with Crippen LogP contribution < -0.4 is 9.64 Å². The fourth-order valence-corrected chi connectivity index (χ4v) is 2.99. The monoisotopic (exact) mass is 308 g/mol. The maximum Gasteiger partial charge on any atom is 0.123 e. The third-order valence-corrected chi connectivity index (χ3v) is 4.18. The van der Waals surface area contributed by atoms with E-state index in [1.54, 1.807) is 0 Å². The van der Waals surface area contributed by atoms with Crippen LogP contribution in [-0.2, 0) is 6.61 Å². The van der Waals surface area contributed by atoms with Crippen LogP contribution in [0.3, 0.4) is 0 Å². The smallest absolute Gasteiger partial charge is 0.123 e. The van der Waals surface area contributed by atoms with Crippen molar-refractivity contribution in [1.29, 1.82) is 0 Å². The maximum atomic E-state index is 5.92. The average Bonchev–Trinajstić information content (AvgIpc) is 3.03. The Balaban J connectivity index is 1.71. The van der Waals surface area contributed by atoms with Gasteiger partial charge in [0, 0.05) is 11.9 Å². The Morgan fingerprint density at radius 1 is 1.17 bits per heavy atom. The van der Waals surface area contributed by atoms with E-state index in [9.17, 15) is 0 Å². The first kappa shape index (κ1) is 15.6. The highest BCUT2D eigenvalue weighted by atomic mass is 16.5. The first-order valence-electron chi connectivity index (χ1n) is 8.21. The summed E-state index contributed by atoms with van der Waals surface area (Å²) in [5, 5.41) is 0. The molecule has 3 heteroatoms. The zero-order valence-corrected chi connectivity index (χ0v) is 14.1. The molecule has 2 aromatic carbocycles. The van der Waals surface area contributed by atoms with Crippen molar-refractivity contribution in [2.75, 3.05) is 11.4 Å². The summed E-state index contributed by atoms with van der Waals surface area (Å²) in [7, 11) is 0. The van der Waals surface area contributed by atoms with Crippen LogP contribution in [0.5, 0.6) is 5.75 Å². The number of aryl methyl sites for hydroxylation is 1. The van der Waals surface area contributed by atoms with E-state index in [-0.39, 0.29) is 6.17 Å². The zero-order valence-electron chi connectivity index (χ0n) is 14.1. The van der Waals surface area contributed by atoms with Gasteiger partial charge in [-0.05, 0) is 42.2 Å². The SMILES string of the molecule is Cc1cc(OCc2ccccc2)ccc1N1CC=NC1C(C)C. The second-order valence-corrected chi connectivity index (χ2v) is 6.36. The highest BCUT2D eigenvalue weighted by molar-refractivity contribution is 5.72. The van der Waals surface area contributed by atoms with E-state index in [2.05, 4.69) is 61.0 Å². The van der Waals surface area contributed by atoms with Gasteiger partial charge in [-0.15, -0.1) is 0 Å². The summed E-state index contributed by atoms with van der Waals surface area (Å²) in [5.74, 6) is 1.42. The van der Waals surface area contributed by atoms with Gasteiger partial charge in [-0.2, -0.15) is 0 Å². The second-order valence-electron chi connectivity index (χ2n) is 6.36. The summed E-state index contributed by atoms with van der Waals surface area (Å²) in [6, 6.07) is 16.6. The summed E-state index contributed by atoms with van der Waals surface area (Å²) in [6.45, 7) is 8.05. The standard InChI is InChI=1S/C20H24N2O/c1-15(2)20-21-11-12-22(20)19-10-9-18(13-16(19)3)23-14-17-7-5-4-6-8-17/h4-11,13,15,20H,12,14H2,1-3H3. The van der Waals surface area contributed by atoms with Crippen LogP contribution in [0.15, 0.2) is 53.5 Å². The lowest BCUT2D eigenvalue weighted by atomic mass is 10.1. The molecule has 0 spiro atoms. The van der Waals surface area contributed by atoms with Crippen LogP contribution in [0.4, 0.5) is 5.69 Å². The lowest BCUT2D eigenvalue weighted by Crippen LogP contribution is -2.34. The van der Waals surface area contributed by atoms with Gasteiger partial charge in [0.05, 0.1) is 6.54 Å². The van der Waals surface area contributed by atoms with E-state index >= 15 is 0 Å². The normalized spacial score (nSPS) is 17.0. The van der Waals surface area contributed by atoms with Crippen LogP contribution in [0.2, 0.25) is 0 Å². The molecule has 0 saturated carbocycles. The molecule has 0 N–H and O–H groups in total. The lowest BCUT2D eigenvalue weighted by molar-refractivity contribution is 0.306. The quantitative estimate of drug-likeness (QED) is 0.815. The molecule has 1 unspecified atom stereocenters. The van der Waals surface area contributed by atoms with Crippen molar-refractivity contribution in [3.05, 3.63) is 59.7 Å². The number of benzene rings is 2. The van der Waals surface area contributed by atoms with Crippen LogP contribution >= 0.6 is 0 Å². The minimum Gasteiger partial charge on any atom is -0.489 e. The topological polar surface area (TPSA) is 24.8 Å². The van der Waals surface area contributed by atoms with Gasteiger partial charge in [0.2, 0.25) is 0 Å². The third-order valence-electron chi connectivity index (χ3n) is 4.18. The van der Waals surface area contributed by atoms with Gasteiger partial charge in [-0.25, -0.2) is 0 Å². The summed E-state index contributed by atoms with van der Waals surface area (Å²) in [5.41, 5.74) is 3.65. The van der Waals surface area contributed by atoms with Gasteiger partial charge in [-0.1, -0.05) is 44.2 Å². The zero-order chi connectivity index (χ0) is 16.2. The molecule has 0 bridgehead atoms. The van der Waals surface area contributed by atoms with Gasteiger partial charge in [0.1, 0.15) is 18.5 Å².